The largest absolute Gasteiger partial charge is 0.493 e. The van der Waals surface area contributed by atoms with Crippen molar-refractivity contribution >= 4 is 32.6 Å². The number of aromatic nitrogens is 2. The predicted octanol–water partition coefficient (Wildman–Crippen LogP) is 5.95. The van der Waals surface area contributed by atoms with Crippen LogP contribution in [-0.4, -0.2) is 51.1 Å². The minimum Gasteiger partial charge on any atom is -0.493 e. The van der Waals surface area contributed by atoms with Crippen molar-refractivity contribution in [1.29, 1.82) is 0 Å². The van der Waals surface area contributed by atoms with Gasteiger partial charge in [0.25, 0.3) is 5.91 Å². The molecule has 0 unspecified atom stereocenters. The molecule has 0 bridgehead atoms. The van der Waals surface area contributed by atoms with Gasteiger partial charge in [0.05, 0.1) is 38.7 Å². The number of hydrogen-bond donors (Lipinski definition) is 1. The Labute approximate surface area is 236 Å². The Balaban J connectivity index is 1.33. The zero-order chi connectivity index (χ0) is 29.1. The van der Waals surface area contributed by atoms with Crippen molar-refractivity contribution in [3.05, 3.63) is 60.2 Å². The monoisotopic (exact) mass is 583 g/mol. The number of rotatable bonds is 10. The van der Waals surface area contributed by atoms with Crippen molar-refractivity contribution in [2.75, 3.05) is 40.4 Å². The summed E-state index contributed by atoms with van der Waals surface area (Å²) in [5.41, 5.74) is 2.05. The van der Waals surface area contributed by atoms with E-state index in [2.05, 4.69) is 15.5 Å². The molecule has 13 heteroatoms. The number of amides is 1. The van der Waals surface area contributed by atoms with Gasteiger partial charge in [-0.1, -0.05) is 16.5 Å². The summed E-state index contributed by atoms with van der Waals surface area (Å²) in [6.45, 7) is -0.383. The first kappa shape index (κ1) is 27.6. The summed E-state index contributed by atoms with van der Waals surface area (Å²) in [5, 5.41) is 6.93. The summed E-state index contributed by atoms with van der Waals surface area (Å²) < 4.78 is 60.3. The first-order valence-corrected chi connectivity index (χ1v) is 12.8. The first-order valence-electron chi connectivity index (χ1n) is 12.0. The van der Waals surface area contributed by atoms with Gasteiger partial charge in [0.15, 0.2) is 52.1 Å². The zero-order valence-corrected chi connectivity index (χ0v) is 23.1. The molecule has 0 aliphatic rings. The normalized spacial score (nSPS) is 10.9. The van der Waals surface area contributed by atoms with E-state index in [-0.39, 0.29) is 23.0 Å². The highest BCUT2D eigenvalue weighted by Crippen LogP contribution is 2.42. The number of ether oxygens (including phenoxy) is 5. The molecule has 41 heavy (non-hydrogen) atoms. The highest BCUT2D eigenvalue weighted by Gasteiger charge is 2.18. The van der Waals surface area contributed by atoms with Crippen LogP contribution in [0.15, 0.2) is 53.1 Å². The van der Waals surface area contributed by atoms with E-state index in [9.17, 15) is 13.6 Å². The van der Waals surface area contributed by atoms with Crippen molar-refractivity contribution in [3.8, 4) is 51.3 Å². The second-order valence-electron chi connectivity index (χ2n) is 8.45. The first-order chi connectivity index (χ1) is 19.8. The van der Waals surface area contributed by atoms with Gasteiger partial charge in [0.2, 0.25) is 5.75 Å². The van der Waals surface area contributed by atoms with E-state index in [0.717, 1.165) is 23.5 Å². The van der Waals surface area contributed by atoms with E-state index in [1.54, 1.807) is 36.4 Å². The second kappa shape index (κ2) is 11.7. The number of hydrogen-bond acceptors (Lipinski definition) is 10. The summed E-state index contributed by atoms with van der Waals surface area (Å²) in [5.74, 6) is -0.0491. The standard InChI is InChI=1S/C28H23F2N3O7S/c1-35-20-6-5-14(21-12-18(33-40-21)15-8-23(36-2)27(38-4)24(9-15)37-3)7-22(20)39-13-26(34)32-28-31-19-10-16(29)17(30)11-25(19)41-28/h5-12H,13H2,1-4H3,(H,31,32,34). The van der Waals surface area contributed by atoms with E-state index >= 15 is 0 Å². The molecule has 0 spiro atoms. The van der Waals surface area contributed by atoms with Crippen LogP contribution in [0, 0.1) is 11.6 Å². The number of carbonyl (C=O) groups is 1. The molecule has 5 aromatic rings. The smallest absolute Gasteiger partial charge is 0.264 e. The average molecular weight is 584 g/mol. The molecule has 2 heterocycles. The number of fused-ring (bicyclic) bond motifs is 1. The summed E-state index contributed by atoms with van der Waals surface area (Å²) in [7, 11) is 6.04. The van der Waals surface area contributed by atoms with Crippen LogP contribution in [0.4, 0.5) is 13.9 Å². The summed E-state index contributed by atoms with van der Waals surface area (Å²) >= 11 is 1.01. The van der Waals surface area contributed by atoms with Gasteiger partial charge in [-0.25, -0.2) is 13.8 Å². The van der Waals surface area contributed by atoms with Crippen LogP contribution < -0.4 is 29.0 Å². The molecule has 5 rings (SSSR count). The Morgan fingerprint density at radius 1 is 0.854 bits per heavy atom. The third-order valence-corrected chi connectivity index (χ3v) is 6.89. The predicted molar refractivity (Wildman–Crippen MR) is 147 cm³/mol. The quantitative estimate of drug-likeness (QED) is 0.213. The number of thiazole rings is 1. The lowest BCUT2D eigenvalue weighted by Gasteiger charge is -2.13. The zero-order valence-electron chi connectivity index (χ0n) is 22.2. The van der Waals surface area contributed by atoms with Crippen LogP contribution in [0.25, 0.3) is 32.8 Å². The topological polar surface area (TPSA) is 114 Å². The Bertz CT molecular complexity index is 1670. The number of halogens is 2. The molecule has 0 atom stereocenters. The summed E-state index contributed by atoms with van der Waals surface area (Å²) in [6, 6.07) is 12.3. The lowest BCUT2D eigenvalue weighted by molar-refractivity contribution is -0.118. The molecule has 0 saturated carbocycles. The molecule has 0 radical (unpaired) electrons. The number of methoxy groups -OCH3 is 4. The van der Waals surface area contributed by atoms with E-state index in [0.29, 0.717) is 50.3 Å². The van der Waals surface area contributed by atoms with Gasteiger partial charge >= 0.3 is 0 Å². The van der Waals surface area contributed by atoms with Gasteiger partial charge in [-0.15, -0.1) is 0 Å². The Morgan fingerprint density at radius 2 is 1.54 bits per heavy atom. The van der Waals surface area contributed by atoms with Crippen molar-refractivity contribution in [1.82, 2.24) is 10.1 Å². The fourth-order valence-electron chi connectivity index (χ4n) is 3.99. The Kier molecular flexibility index (Phi) is 7.88. The highest BCUT2D eigenvalue weighted by atomic mass is 32.1. The summed E-state index contributed by atoms with van der Waals surface area (Å²) in [6.07, 6.45) is 0. The number of nitrogens with zero attached hydrogens (tertiary/aromatic N) is 2. The molecular weight excluding hydrogens is 560 g/mol. The maximum atomic E-state index is 13.5. The van der Waals surface area contributed by atoms with Crippen molar-refractivity contribution in [3.63, 3.8) is 0 Å². The minimum atomic E-state index is -1.02. The van der Waals surface area contributed by atoms with Crippen LogP contribution >= 0.6 is 11.3 Å². The van der Waals surface area contributed by atoms with Gasteiger partial charge in [0, 0.05) is 23.3 Å². The second-order valence-corrected chi connectivity index (χ2v) is 9.48. The van der Waals surface area contributed by atoms with E-state index < -0.39 is 17.5 Å². The minimum absolute atomic E-state index is 0.181. The van der Waals surface area contributed by atoms with Gasteiger partial charge in [0.1, 0.15) is 5.69 Å². The lowest BCUT2D eigenvalue weighted by Crippen LogP contribution is -2.20. The van der Waals surface area contributed by atoms with Crippen LogP contribution in [0.5, 0.6) is 28.7 Å². The van der Waals surface area contributed by atoms with Gasteiger partial charge in [-0.05, 0) is 36.4 Å². The molecular formula is C28H23F2N3O7S. The van der Waals surface area contributed by atoms with Crippen LogP contribution in [0.1, 0.15) is 0 Å². The fraction of sp³-hybridized carbons (Fsp3) is 0.179. The molecule has 0 fully saturated rings. The highest BCUT2D eigenvalue weighted by molar-refractivity contribution is 7.22. The van der Waals surface area contributed by atoms with Crippen LogP contribution in [0.3, 0.4) is 0 Å². The molecule has 0 saturated heterocycles. The number of nitrogens with one attached hydrogen (secondary N) is 1. The molecule has 212 valence electrons. The summed E-state index contributed by atoms with van der Waals surface area (Å²) in [4.78, 5) is 16.7. The lowest BCUT2D eigenvalue weighted by atomic mass is 10.1. The SMILES string of the molecule is COc1ccc(-c2cc(-c3cc(OC)c(OC)c(OC)c3)no2)cc1OCC(=O)Nc1nc2cc(F)c(F)cc2s1. The maximum Gasteiger partial charge on any atom is 0.264 e. The fourth-order valence-corrected chi connectivity index (χ4v) is 4.88. The average Bonchev–Trinajstić information content (AvgIpc) is 3.62. The Morgan fingerprint density at radius 3 is 2.22 bits per heavy atom. The number of anilines is 1. The third-order valence-electron chi connectivity index (χ3n) is 5.95. The van der Waals surface area contributed by atoms with Crippen molar-refractivity contribution in [2.24, 2.45) is 0 Å². The molecule has 2 aromatic heterocycles. The Hall–Kier alpha value is -4.91. The molecule has 1 amide bonds. The van der Waals surface area contributed by atoms with Crippen molar-refractivity contribution in [2.45, 2.75) is 0 Å². The third kappa shape index (κ3) is 5.70. The molecule has 1 N–H and O–H groups in total. The van der Waals surface area contributed by atoms with Crippen LogP contribution in [-0.2, 0) is 4.79 Å². The molecule has 10 nitrogen and oxygen atoms in total. The molecule has 0 aliphatic carbocycles. The van der Waals surface area contributed by atoms with Crippen LogP contribution in [0.2, 0.25) is 0 Å². The van der Waals surface area contributed by atoms with E-state index in [1.807, 2.05) is 0 Å². The molecule has 3 aromatic carbocycles. The van der Waals surface area contributed by atoms with Crippen molar-refractivity contribution < 1.29 is 41.8 Å². The number of carbonyl (C=O) groups excluding carboxylic acids is 1. The van der Waals surface area contributed by atoms with E-state index in [4.69, 9.17) is 28.2 Å². The van der Waals surface area contributed by atoms with E-state index in [1.165, 1.54) is 28.4 Å². The van der Waals surface area contributed by atoms with Gasteiger partial charge in [-0.2, -0.15) is 0 Å². The maximum absolute atomic E-state index is 13.5. The number of benzene rings is 3. The van der Waals surface area contributed by atoms with Gasteiger partial charge in [-0.3, -0.25) is 10.1 Å². The van der Waals surface area contributed by atoms with Gasteiger partial charge < -0.3 is 28.2 Å². The molecule has 0 aliphatic heterocycles.